The maximum atomic E-state index is 13.2. The van der Waals surface area contributed by atoms with Gasteiger partial charge in [-0.25, -0.2) is 17.6 Å². The summed E-state index contributed by atoms with van der Waals surface area (Å²) in [5, 5.41) is 0. The van der Waals surface area contributed by atoms with Crippen molar-refractivity contribution in [1.29, 1.82) is 0 Å². The van der Waals surface area contributed by atoms with Crippen molar-refractivity contribution in [2.45, 2.75) is 37.8 Å². The van der Waals surface area contributed by atoms with Gasteiger partial charge in [0.25, 0.3) is 10.0 Å². The Hall–Kier alpha value is -3.69. The lowest BCUT2D eigenvalue weighted by Gasteiger charge is -2.37. The molecule has 0 bridgehead atoms. The van der Waals surface area contributed by atoms with Crippen molar-refractivity contribution in [2.24, 2.45) is 0 Å². The van der Waals surface area contributed by atoms with Crippen LogP contribution in [0.25, 0.3) is 11.1 Å². The zero-order valence-electron chi connectivity index (χ0n) is 21.8. The summed E-state index contributed by atoms with van der Waals surface area (Å²) in [5.41, 5.74) is 3.17. The third kappa shape index (κ3) is 6.99. The van der Waals surface area contributed by atoms with Crippen LogP contribution in [0.5, 0.6) is 0 Å². The molecule has 1 saturated heterocycles. The van der Waals surface area contributed by atoms with E-state index in [2.05, 4.69) is 16.2 Å². The highest BCUT2D eigenvalue weighted by atomic mass is 32.2. The van der Waals surface area contributed by atoms with Gasteiger partial charge < -0.3 is 4.74 Å². The number of halogens is 1. The van der Waals surface area contributed by atoms with Crippen LogP contribution in [0.1, 0.15) is 26.3 Å². The van der Waals surface area contributed by atoms with Crippen LogP contribution in [-0.2, 0) is 21.3 Å². The van der Waals surface area contributed by atoms with Crippen LogP contribution in [0.2, 0.25) is 0 Å². The Labute approximate surface area is 223 Å². The molecule has 200 valence electrons. The molecule has 3 aromatic rings. The predicted octanol–water partition coefficient (Wildman–Crippen LogP) is 5.86. The number of rotatable bonds is 6. The van der Waals surface area contributed by atoms with Crippen LogP contribution in [-0.4, -0.2) is 49.5 Å². The number of sulfonamides is 1. The molecule has 0 aromatic heterocycles. The molecule has 1 heterocycles. The minimum Gasteiger partial charge on any atom is -0.443 e. The first kappa shape index (κ1) is 27.3. The zero-order valence-corrected chi connectivity index (χ0v) is 22.6. The molecule has 1 amide bonds. The zero-order chi connectivity index (χ0) is 27.5. The van der Waals surface area contributed by atoms with Gasteiger partial charge in [0.05, 0.1) is 4.90 Å². The molecule has 0 atom stereocenters. The van der Waals surface area contributed by atoms with E-state index in [-0.39, 0.29) is 16.8 Å². The van der Waals surface area contributed by atoms with Gasteiger partial charge in [-0.2, -0.15) is 0 Å². The molecular formula is C29H32FN3O4S. The molecule has 4 rings (SSSR count). The van der Waals surface area contributed by atoms with Crippen molar-refractivity contribution in [3.63, 3.8) is 0 Å². The maximum Gasteiger partial charge on any atom is 0.414 e. The second-order valence-corrected chi connectivity index (χ2v) is 11.9. The highest BCUT2D eigenvalue weighted by Gasteiger charge is 2.28. The fourth-order valence-corrected chi connectivity index (χ4v) is 5.17. The van der Waals surface area contributed by atoms with Gasteiger partial charge in [0.1, 0.15) is 11.4 Å². The SMILES string of the molecule is C=C1CN(Cc2ccc(NS(=O)(=O)c3ccc(-c4ccc(F)cc4)cc3)cc2)CCN1C(=O)OC(C)(C)C. The Bertz CT molecular complexity index is 1400. The Morgan fingerprint density at radius 2 is 1.53 bits per heavy atom. The third-order valence-electron chi connectivity index (χ3n) is 6.00. The first-order valence-corrected chi connectivity index (χ1v) is 13.8. The molecule has 1 aliphatic heterocycles. The van der Waals surface area contributed by atoms with Gasteiger partial charge in [0.15, 0.2) is 0 Å². The average Bonchev–Trinajstić information content (AvgIpc) is 2.85. The van der Waals surface area contributed by atoms with Crippen LogP contribution in [0.15, 0.2) is 90.0 Å². The molecular weight excluding hydrogens is 505 g/mol. The molecule has 38 heavy (non-hydrogen) atoms. The fourth-order valence-electron chi connectivity index (χ4n) is 4.11. The van der Waals surface area contributed by atoms with E-state index in [0.717, 1.165) is 16.7 Å². The van der Waals surface area contributed by atoms with Crippen LogP contribution in [0.3, 0.4) is 0 Å². The number of nitrogens with zero attached hydrogens (tertiary/aromatic N) is 2. The number of amides is 1. The third-order valence-corrected chi connectivity index (χ3v) is 7.39. The van der Waals surface area contributed by atoms with E-state index in [1.54, 1.807) is 41.3 Å². The Kier molecular flexibility index (Phi) is 7.89. The minimum absolute atomic E-state index is 0.133. The quantitative estimate of drug-likeness (QED) is 0.426. The van der Waals surface area contributed by atoms with Crippen molar-refractivity contribution >= 4 is 21.8 Å². The lowest BCUT2D eigenvalue weighted by atomic mass is 10.1. The van der Waals surface area contributed by atoms with Crippen LogP contribution < -0.4 is 4.72 Å². The standard InChI is InChI=1S/C29H32FN3O4S/c1-21-19-32(17-18-33(21)28(34)37-29(2,3)4)20-22-5-13-26(14-6-22)31-38(35,36)27-15-9-24(10-16-27)23-7-11-25(30)12-8-23/h5-16,31H,1,17-20H2,2-4H3. The molecule has 1 N–H and O–H groups in total. The number of carbonyl (C=O) groups is 1. The second kappa shape index (κ2) is 11.0. The molecule has 0 saturated carbocycles. The van der Waals surface area contributed by atoms with Gasteiger partial charge in [-0.1, -0.05) is 43.0 Å². The molecule has 0 aliphatic carbocycles. The monoisotopic (exact) mass is 537 g/mol. The number of carbonyl (C=O) groups excluding carboxylic acids is 1. The Morgan fingerprint density at radius 1 is 0.947 bits per heavy atom. The second-order valence-electron chi connectivity index (χ2n) is 10.2. The summed E-state index contributed by atoms with van der Waals surface area (Å²) in [6, 6.07) is 19.7. The molecule has 0 unspecified atom stereocenters. The summed E-state index contributed by atoms with van der Waals surface area (Å²) in [6.45, 7) is 11.9. The minimum atomic E-state index is -3.78. The van der Waals surface area contributed by atoms with Gasteiger partial charge in [0.2, 0.25) is 0 Å². The lowest BCUT2D eigenvalue weighted by Crippen LogP contribution is -2.47. The summed E-state index contributed by atoms with van der Waals surface area (Å²) in [7, 11) is -3.78. The molecule has 9 heteroatoms. The van der Waals surface area contributed by atoms with Gasteiger partial charge in [-0.3, -0.25) is 14.5 Å². The molecule has 3 aromatic carbocycles. The van der Waals surface area contributed by atoms with Gasteiger partial charge in [-0.05, 0) is 73.9 Å². The van der Waals surface area contributed by atoms with Crippen molar-refractivity contribution in [2.75, 3.05) is 24.4 Å². The van der Waals surface area contributed by atoms with E-state index >= 15 is 0 Å². The molecule has 0 spiro atoms. The number of anilines is 1. The van der Waals surface area contributed by atoms with Crippen LogP contribution in [0, 0.1) is 5.82 Å². The molecule has 7 nitrogen and oxygen atoms in total. The Morgan fingerprint density at radius 3 is 2.08 bits per heavy atom. The largest absolute Gasteiger partial charge is 0.443 e. The van der Waals surface area contributed by atoms with Gasteiger partial charge in [0, 0.05) is 37.6 Å². The van der Waals surface area contributed by atoms with Crippen molar-refractivity contribution < 1.29 is 22.3 Å². The maximum absolute atomic E-state index is 13.2. The fraction of sp³-hybridized carbons (Fsp3) is 0.276. The number of piperazine rings is 1. The Balaban J connectivity index is 1.33. The van der Waals surface area contributed by atoms with E-state index in [0.29, 0.717) is 37.6 Å². The van der Waals surface area contributed by atoms with Crippen molar-refractivity contribution in [3.05, 3.63) is 96.5 Å². The summed E-state index contributed by atoms with van der Waals surface area (Å²) in [5.74, 6) is -0.325. The predicted molar refractivity (Wildman–Crippen MR) is 146 cm³/mol. The van der Waals surface area contributed by atoms with E-state index in [9.17, 15) is 17.6 Å². The van der Waals surface area contributed by atoms with Crippen LogP contribution in [0.4, 0.5) is 14.9 Å². The highest BCUT2D eigenvalue weighted by molar-refractivity contribution is 7.92. The van der Waals surface area contributed by atoms with E-state index in [1.807, 2.05) is 32.9 Å². The number of hydrogen-bond donors (Lipinski definition) is 1. The number of ether oxygens (including phenoxy) is 1. The van der Waals surface area contributed by atoms with Crippen molar-refractivity contribution in [1.82, 2.24) is 9.80 Å². The normalized spacial score (nSPS) is 14.8. The smallest absolute Gasteiger partial charge is 0.414 e. The van der Waals surface area contributed by atoms with E-state index in [4.69, 9.17) is 4.74 Å². The van der Waals surface area contributed by atoms with E-state index < -0.39 is 15.6 Å². The summed E-state index contributed by atoms with van der Waals surface area (Å²) in [6.07, 6.45) is -0.385. The molecule has 1 aliphatic rings. The highest BCUT2D eigenvalue weighted by Crippen LogP contribution is 2.24. The van der Waals surface area contributed by atoms with Crippen molar-refractivity contribution in [3.8, 4) is 11.1 Å². The first-order chi connectivity index (χ1) is 17.9. The summed E-state index contributed by atoms with van der Waals surface area (Å²) >= 11 is 0. The topological polar surface area (TPSA) is 79.0 Å². The summed E-state index contributed by atoms with van der Waals surface area (Å²) < 4.78 is 47.0. The number of nitrogens with one attached hydrogen (secondary N) is 1. The number of benzene rings is 3. The first-order valence-electron chi connectivity index (χ1n) is 12.3. The summed E-state index contributed by atoms with van der Waals surface area (Å²) in [4.78, 5) is 16.3. The van der Waals surface area contributed by atoms with Crippen LogP contribution >= 0.6 is 0 Å². The van der Waals surface area contributed by atoms with Gasteiger partial charge >= 0.3 is 6.09 Å². The van der Waals surface area contributed by atoms with E-state index in [1.165, 1.54) is 24.3 Å². The molecule has 1 fully saturated rings. The van der Waals surface area contributed by atoms with Gasteiger partial charge in [-0.15, -0.1) is 0 Å². The lowest BCUT2D eigenvalue weighted by molar-refractivity contribution is 0.0238. The average molecular weight is 538 g/mol. The number of hydrogen-bond acceptors (Lipinski definition) is 5. The molecule has 0 radical (unpaired) electrons.